The summed E-state index contributed by atoms with van der Waals surface area (Å²) >= 11 is 0. The summed E-state index contributed by atoms with van der Waals surface area (Å²) in [5, 5.41) is 0. The Kier molecular flexibility index (Phi) is 7.27. The summed E-state index contributed by atoms with van der Waals surface area (Å²) in [5.74, 6) is -2.29. The van der Waals surface area contributed by atoms with Crippen LogP contribution in [0.3, 0.4) is 0 Å². The molecule has 0 aromatic heterocycles. The predicted octanol–water partition coefficient (Wildman–Crippen LogP) is 7.02. The number of fused-ring (bicyclic) bond motifs is 3. The lowest BCUT2D eigenvalue weighted by atomic mass is 9.65. The van der Waals surface area contributed by atoms with Crippen LogP contribution in [0.5, 0.6) is 0 Å². The van der Waals surface area contributed by atoms with E-state index in [2.05, 4.69) is 31.2 Å². The maximum absolute atomic E-state index is 14.3. The molecule has 5 heteroatoms. The van der Waals surface area contributed by atoms with Crippen molar-refractivity contribution in [1.29, 1.82) is 0 Å². The SMILES string of the molecule is CCOC(=O)/C=C1\CCC(c2ccccc2)=C(c2ccccc2)C2=C(C)C[C@@H]3C(=O)N(c4ccccc4)C(=O)[C@@H]3[C@@H]21. The standard InChI is InChI=1S/C36H33NO4/c1-3-41-30(38)22-26-19-20-28(24-13-7-4-8-14-24)32(25-15-9-5-10-16-25)31-23(2)21-29-34(33(26)31)36(40)37(35(29)39)27-17-11-6-12-18-27/h4-18,22,29,33-34H,3,19-21H2,1-2H3/b26-22+/t29-,33+,34-/m0/s1. The Bertz CT molecular complexity index is 1580. The fraction of sp³-hybridized carbons (Fsp3) is 0.250. The molecule has 6 rings (SSSR count). The van der Waals surface area contributed by atoms with Gasteiger partial charge in [0.25, 0.3) is 0 Å². The third-order valence-electron chi connectivity index (χ3n) is 8.56. The summed E-state index contributed by atoms with van der Waals surface area (Å²) in [5.41, 5.74) is 8.04. The lowest BCUT2D eigenvalue weighted by Gasteiger charge is -2.36. The Morgan fingerprint density at radius 1 is 0.854 bits per heavy atom. The maximum Gasteiger partial charge on any atom is 0.330 e. The highest BCUT2D eigenvalue weighted by atomic mass is 16.5. The zero-order chi connectivity index (χ0) is 28.5. The van der Waals surface area contributed by atoms with Crippen molar-refractivity contribution in [3.05, 3.63) is 125 Å². The molecule has 3 aromatic rings. The summed E-state index contributed by atoms with van der Waals surface area (Å²) in [7, 11) is 0. The topological polar surface area (TPSA) is 63.7 Å². The van der Waals surface area contributed by atoms with Crippen LogP contribution in [0, 0.1) is 17.8 Å². The molecular formula is C36H33NO4. The Hall–Kier alpha value is -4.51. The molecule has 5 nitrogen and oxygen atoms in total. The van der Waals surface area contributed by atoms with Crippen molar-refractivity contribution >= 4 is 34.6 Å². The van der Waals surface area contributed by atoms with E-state index >= 15 is 0 Å². The van der Waals surface area contributed by atoms with Gasteiger partial charge in [-0.3, -0.25) is 14.5 Å². The number of anilines is 1. The molecule has 2 aliphatic carbocycles. The number of imide groups is 1. The quantitative estimate of drug-likeness (QED) is 0.197. The van der Waals surface area contributed by atoms with Crippen molar-refractivity contribution in [3.8, 4) is 0 Å². The number of para-hydroxylation sites is 1. The molecule has 3 atom stereocenters. The molecule has 0 unspecified atom stereocenters. The minimum absolute atomic E-state index is 0.169. The number of rotatable bonds is 5. The average Bonchev–Trinajstić information content (AvgIpc) is 3.13. The summed E-state index contributed by atoms with van der Waals surface area (Å²) < 4.78 is 5.36. The number of hydrogen-bond acceptors (Lipinski definition) is 4. The van der Waals surface area contributed by atoms with Gasteiger partial charge in [0.15, 0.2) is 0 Å². The molecule has 206 valence electrons. The second-order valence-corrected chi connectivity index (χ2v) is 10.9. The first-order valence-corrected chi connectivity index (χ1v) is 14.3. The van der Waals surface area contributed by atoms with Crippen LogP contribution in [0.15, 0.2) is 114 Å². The molecule has 41 heavy (non-hydrogen) atoms. The normalized spacial score (nSPS) is 23.4. The van der Waals surface area contributed by atoms with Gasteiger partial charge < -0.3 is 4.74 Å². The number of carbonyl (C=O) groups excluding carboxylic acids is 3. The number of benzene rings is 3. The molecule has 0 spiro atoms. The number of hydrogen-bond donors (Lipinski definition) is 0. The molecule has 2 amide bonds. The third-order valence-corrected chi connectivity index (χ3v) is 8.56. The van der Waals surface area contributed by atoms with Gasteiger partial charge in [-0.1, -0.05) is 90.0 Å². The number of nitrogens with zero attached hydrogens (tertiary/aromatic N) is 1. The van der Waals surface area contributed by atoms with Crippen molar-refractivity contribution in [2.45, 2.75) is 33.1 Å². The van der Waals surface area contributed by atoms with Crippen LogP contribution in [0.25, 0.3) is 11.1 Å². The lowest BCUT2D eigenvalue weighted by Crippen LogP contribution is -2.35. The van der Waals surface area contributed by atoms with Gasteiger partial charge in [0.05, 0.1) is 24.1 Å². The average molecular weight is 544 g/mol. The first kappa shape index (κ1) is 26.7. The second-order valence-electron chi connectivity index (χ2n) is 10.9. The van der Waals surface area contributed by atoms with Crippen LogP contribution >= 0.6 is 0 Å². The molecule has 1 heterocycles. The van der Waals surface area contributed by atoms with Crippen LogP contribution in [0.2, 0.25) is 0 Å². The molecule has 3 aliphatic rings. The molecule has 1 fully saturated rings. The van der Waals surface area contributed by atoms with E-state index in [4.69, 9.17) is 4.74 Å². The fourth-order valence-electron chi connectivity index (χ4n) is 6.91. The van der Waals surface area contributed by atoms with E-state index in [0.29, 0.717) is 24.9 Å². The lowest BCUT2D eigenvalue weighted by molar-refractivity contribution is -0.137. The molecule has 1 aliphatic heterocycles. The van der Waals surface area contributed by atoms with E-state index in [1.165, 1.54) is 10.5 Å². The molecule has 1 saturated heterocycles. The van der Waals surface area contributed by atoms with Crippen LogP contribution in [-0.2, 0) is 19.1 Å². The van der Waals surface area contributed by atoms with Crippen LogP contribution in [-0.4, -0.2) is 24.4 Å². The first-order chi connectivity index (χ1) is 20.0. The van der Waals surface area contributed by atoms with Gasteiger partial charge in [0.2, 0.25) is 11.8 Å². The van der Waals surface area contributed by atoms with Crippen LogP contribution in [0.4, 0.5) is 5.69 Å². The Morgan fingerprint density at radius 2 is 1.46 bits per heavy atom. The summed E-state index contributed by atoms with van der Waals surface area (Å²) in [6.07, 6.45) is 3.35. The summed E-state index contributed by atoms with van der Waals surface area (Å²) in [6.45, 7) is 4.14. The zero-order valence-electron chi connectivity index (χ0n) is 23.4. The van der Waals surface area contributed by atoms with Crippen molar-refractivity contribution in [3.63, 3.8) is 0 Å². The third kappa shape index (κ3) is 4.76. The number of amides is 2. The van der Waals surface area contributed by atoms with Gasteiger partial charge in [0.1, 0.15) is 0 Å². The number of carbonyl (C=O) groups is 3. The minimum Gasteiger partial charge on any atom is -0.463 e. The van der Waals surface area contributed by atoms with E-state index < -0.39 is 23.7 Å². The van der Waals surface area contributed by atoms with Crippen molar-refractivity contribution < 1.29 is 19.1 Å². The number of esters is 1. The monoisotopic (exact) mass is 543 g/mol. The van der Waals surface area contributed by atoms with Crippen molar-refractivity contribution in [1.82, 2.24) is 0 Å². The van der Waals surface area contributed by atoms with E-state index in [9.17, 15) is 14.4 Å². The molecular weight excluding hydrogens is 510 g/mol. The van der Waals surface area contributed by atoms with Gasteiger partial charge in [-0.05, 0) is 73.1 Å². The maximum atomic E-state index is 14.3. The van der Waals surface area contributed by atoms with Gasteiger partial charge in [0, 0.05) is 12.0 Å². The Balaban J connectivity index is 1.60. The summed E-state index contributed by atoms with van der Waals surface area (Å²) in [6, 6.07) is 29.8. The smallest absolute Gasteiger partial charge is 0.330 e. The highest BCUT2D eigenvalue weighted by Gasteiger charge is 2.56. The molecule has 0 bridgehead atoms. The highest BCUT2D eigenvalue weighted by Crippen LogP contribution is 2.56. The minimum atomic E-state index is -0.601. The van der Waals surface area contributed by atoms with E-state index in [0.717, 1.165) is 33.4 Å². The van der Waals surface area contributed by atoms with Crippen LogP contribution < -0.4 is 4.90 Å². The van der Waals surface area contributed by atoms with Crippen molar-refractivity contribution in [2.75, 3.05) is 11.5 Å². The summed E-state index contributed by atoms with van der Waals surface area (Å²) in [4.78, 5) is 42.5. The van der Waals surface area contributed by atoms with Crippen molar-refractivity contribution in [2.24, 2.45) is 17.8 Å². The number of ether oxygens (including phenoxy) is 1. The Morgan fingerprint density at radius 3 is 2.10 bits per heavy atom. The molecule has 0 radical (unpaired) electrons. The number of allylic oxidation sites excluding steroid dienone is 5. The Labute approximate surface area is 240 Å². The fourth-order valence-corrected chi connectivity index (χ4v) is 6.91. The molecule has 0 N–H and O–H groups in total. The van der Waals surface area contributed by atoms with E-state index in [1.54, 1.807) is 25.1 Å². The second kappa shape index (κ2) is 11.2. The van der Waals surface area contributed by atoms with E-state index in [1.807, 2.05) is 54.6 Å². The van der Waals surface area contributed by atoms with Crippen LogP contribution in [0.1, 0.15) is 44.2 Å². The van der Waals surface area contributed by atoms with E-state index in [-0.39, 0.29) is 18.4 Å². The zero-order valence-corrected chi connectivity index (χ0v) is 23.4. The highest BCUT2D eigenvalue weighted by molar-refractivity contribution is 6.23. The van der Waals surface area contributed by atoms with Gasteiger partial charge in [-0.25, -0.2) is 4.79 Å². The molecule has 0 saturated carbocycles. The van der Waals surface area contributed by atoms with Gasteiger partial charge >= 0.3 is 5.97 Å². The largest absolute Gasteiger partial charge is 0.463 e. The van der Waals surface area contributed by atoms with Gasteiger partial charge in [-0.15, -0.1) is 0 Å². The predicted molar refractivity (Wildman–Crippen MR) is 160 cm³/mol. The van der Waals surface area contributed by atoms with Gasteiger partial charge in [-0.2, -0.15) is 0 Å². The first-order valence-electron chi connectivity index (χ1n) is 14.3. The molecule has 3 aromatic carbocycles.